The first-order valence-corrected chi connectivity index (χ1v) is 8.32. The molecule has 1 aliphatic rings. The van der Waals surface area contributed by atoms with Crippen LogP contribution in [0, 0.1) is 0 Å². The lowest BCUT2D eigenvalue weighted by atomic mass is 10.0. The summed E-state index contributed by atoms with van der Waals surface area (Å²) in [5.41, 5.74) is 2.04. The lowest BCUT2D eigenvalue weighted by molar-refractivity contribution is 0.139. The number of rotatable bonds is 6. The molecule has 0 aliphatic carbocycles. The molecule has 1 aliphatic heterocycles. The molecule has 1 fully saturated rings. The Morgan fingerprint density at radius 2 is 2.00 bits per heavy atom. The standard InChI is InChI=1S/C18H25N3O/c1-2-12-21(16-8-10-19-11-9-16)14-17-13-18(20-22-17)15-6-4-3-5-7-15/h3-7,13,16,19H,2,8-12,14H2,1H3. The highest BCUT2D eigenvalue weighted by molar-refractivity contribution is 5.58. The Labute approximate surface area is 132 Å². The predicted molar refractivity (Wildman–Crippen MR) is 88.5 cm³/mol. The van der Waals surface area contributed by atoms with Crippen LogP contribution in [0.25, 0.3) is 11.3 Å². The van der Waals surface area contributed by atoms with Crippen molar-refractivity contribution in [2.45, 2.75) is 38.8 Å². The molecule has 22 heavy (non-hydrogen) atoms. The van der Waals surface area contributed by atoms with Crippen molar-refractivity contribution in [3.05, 3.63) is 42.2 Å². The second-order valence-corrected chi connectivity index (χ2v) is 6.00. The molecule has 0 atom stereocenters. The van der Waals surface area contributed by atoms with Crippen molar-refractivity contribution >= 4 is 0 Å². The number of aromatic nitrogens is 1. The molecule has 0 bridgehead atoms. The van der Waals surface area contributed by atoms with Crippen molar-refractivity contribution in [3.8, 4) is 11.3 Å². The molecule has 0 radical (unpaired) electrons. The molecule has 0 saturated carbocycles. The van der Waals surface area contributed by atoms with Crippen LogP contribution in [0.2, 0.25) is 0 Å². The van der Waals surface area contributed by atoms with Crippen molar-refractivity contribution in [1.29, 1.82) is 0 Å². The maximum atomic E-state index is 5.58. The van der Waals surface area contributed by atoms with Gasteiger partial charge in [-0.1, -0.05) is 42.4 Å². The zero-order valence-electron chi connectivity index (χ0n) is 13.3. The molecule has 1 N–H and O–H groups in total. The van der Waals surface area contributed by atoms with Crippen LogP contribution in [0.1, 0.15) is 31.9 Å². The minimum Gasteiger partial charge on any atom is -0.359 e. The van der Waals surface area contributed by atoms with Gasteiger partial charge in [-0.3, -0.25) is 4.90 Å². The van der Waals surface area contributed by atoms with Crippen molar-refractivity contribution in [3.63, 3.8) is 0 Å². The summed E-state index contributed by atoms with van der Waals surface area (Å²) in [6, 6.07) is 13.0. The van der Waals surface area contributed by atoms with Crippen molar-refractivity contribution in [2.75, 3.05) is 19.6 Å². The molecule has 1 saturated heterocycles. The summed E-state index contributed by atoms with van der Waals surface area (Å²) in [4.78, 5) is 2.55. The van der Waals surface area contributed by atoms with E-state index in [-0.39, 0.29) is 0 Å². The molecule has 4 heteroatoms. The average molecular weight is 299 g/mol. The Morgan fingerprint density at radius 1 is 1.23 bits per heavy atom. The first-order chi connectivity index (χ1) is 10.9. The van der Waals surface area contributed by atoms with Crippen LogP contribution in [0.3, 0.4) is 0 Å². The van der Waals surface area contributed by atoms with Crippen LogP contribution in [-0.4, -0.2) is 35.7 Å². The van der Waals surface area contributed by atoms with Crippen molar-refractivity contribution in [1.82, 2.24) is 15.4 Å². The molecule has 0 unspecified atom stereocenters. The topological polar surface area (TPSA) is 41.3 Å². The summed E-state index contributed by atoms with van der Waals surface area (Å²) in [5.74, 6) is 0.964. The van der Waals surface area contributed by atoms with Crippen molar-refractivity contribution < 1.29 is 4.52 Å². The smallest absolute Gasteiger partial charge is 0.151 e. The van der Waals surface area contributed by atoms with Gasteiger partial charge in [-0.05, 0) is 38.9 Å². The van der Waals surface area contributed by atoms with Crippen molar-refractivity contribution in [2.24, 2.45) is 0 Å². The summed E-state index contributed by atoms with van der Waals surface area (Å²) in [6.07, 6.45) is 3.61. The third-order valence-electron chi connectivity index (χ3n) is 4.32. The summed E-state index contributed by atoms with van der Waals surface area (Å²) in [7, 11) is 0. The van der Waals surface area contributed by atoms with Gasteiger partial charge >= 0.3 is 0 Å². The number of benzene rings is 1. The first-order valence-electron chi connectivity index (χ1n) is 8.32. The molecule has 1 aromatic carbocycles. The fourth-order valence-electron chi connectivity index (χ4n) is 3.18. The monoisotopic (exact) mass is 299 g/mol. The maximum Gasteiger partial charge on any atom is 0.151 e. The normalized spacial score (nSPS) is 16.3. The van der Waals surface area contributed by atoms with E-state index in [9.17, 15) is 0 Å². The maximum absolute atomic E-state index is 5.58. The van der Waals surface area contributed by atoms with Crippen LogP contribution >= 0.6 is 0 Å². The molecule has 3 rings (SSSR count). The lowest BCUT2D eigenvalue weighted by Crippen LogP contribution is -2.43. The number of piperidine rings is 1. The zero-order chi connectivity index (χ0) is 15.2. The Balaban J connectivity index is 1.69. The molecular formula is C18H25N3O. The SMILES string of the molecule is CCCN(Cc1cc(-c2ccccc2)no1)C1CCNCC1. The first kappa shape index (κ1) is 15.3. The van der Waals surface area contributed by atoms with Crippen LogP contribution in [0.15, 0.2) is 40.9 Å². The van der Waals surface area contributed by atoms with Gasteiger partial charge in [0.25, 0.3) is 0 Å². The van der Waals surface area contributed by atoms with Gasteiger partial charge in [0.1, 0.15) is 5.69 Å². The van der Waals surface area contributed by atoms with E-state index in [0.29, 0.717) is 6.04 Å². The number of hydrogen-bond acceptors (Lipinski definition) is 4. The van der Waals surface area contributed by atoms with Crippen LogP contribution in [0.5, 0.6) is 0 Å². The van der Waals surface area contributed by atoms with Crippen LogP contribution in [-0.2, 0) is 6.54 Å². The predicted octanol–water partition coefficient (Wildman–Crippen LogP) is 3.31. The molecular weight excluding hydrogens is 274 g/mol. The van der Waals surface area contributed by atoms with Crippen LogP contribution < -0.4 is 5.32 Å². The second-order valence-electron chi connectivity index (χ2n) is 6.00. The molecule has 2 aromatic rings. The summed E-state index contributed by atoms with van der Waals surface area (Å²) in [5, 5.41) is 7.67. The molecule has 1 aromatic heterocycles. The van der Waals surface area contributed by atoms with Gasteiger partial charge in [0, 0.05) is 17.7 Å². The fourth-order valence-corrected chi connectivity index (χ4v) is 3.18. The molecule has 118 valence electrons. The zero-order valence-corrected chi connectivity index (χ0v) is 13.3. The summed E-state index contributed by atoms with van der Waals surface area (Å²) in [6.45, 7) is 6.46. The quantitative estimate of drug-likeness (QED) is 0.888. The Hall–Kier alpha value is -1.65. The van der Waals surface area contributed by atoms with Gasteiger partial charge < -0.3 is 9.84 Å². The van der Waals surface area contributed by atoms with Gasteiger partial charge in [-0.25, -0.2) is 0 Å². The fraction of sp³-hybridized carbons (Fsp3) is 0.500. The minimum atomic E-state index is 0.659. The summed E-state index contributed by atoms with van der Waals surface area (Å²) < 4.78 is 5.58. The van der Waals surface area contributed by atoms with Gasteiger partial charge in [0.05, 0.1) is 6.54 Å². The van der Waals surface area contributed by atoms with E-state index in [1.807, 2.05) is 18.2 Å². The van der Waals surface area contributed by atoms with E-state index in [1.165, 1.54) is 19.3 Å². The third-order valence-corrected chi connectivity index (χ3v) is 4.32. The molecule has 2 heterocycles. The van der Waals surface area contributed by atoms with Gasteiger partial charge in [-0.2, -0.15) is 0 Å². The Morgan fingerprint density at radius 3 is 2.73 bits per heavy atom. The highest BCUT2D eigenvalue weighted by Gasteiger charge is 2.21. The third kappa shape index (κ3) is 3.76. The van der Waals surface area contributed by atoms with E-state index in [1.54, 1.807) is 0 Å². The average Bonchev–Trinajstić information content (AvgIpc) is 3.05. The highest BCUT2D eigenvalue weighted by Crippen LogP contribution is 2.21. The highest BCUT2D eigenvalue weighted by atomic mass is 16.5. The number of hydrogen-bond donors (Lipinski definition) is 1. The van der Waals surface area contributed by atoms with Gasteiger partial charge in [0.15, 0.2) is 5.76 Å². The Bertz CT molecular complexity index is 561. The van der Waals surface area contributed by atoms with E-state index >= 15 is 0 Å². The molecule has 0 amide bonds. The van der Waals surface area contributed by atoms with E-state index < -0.39 is 0 Å². The minimum absolute atomic E-state index is 0.659. The van der Waals surface area contributed by atoms with Gasteiger partial charge in [-0.15, -0.1) is 0 Å². The molecule has 4 nitrogen and oxygen atoms in total. The number of nitrogens with one attached hydrogen (secondary N) is 1. The number of nitrogens with zero attached hydrogens (tertiary/aromatic N) is 2. The van der Waals surface area contributed by atoms with E-state index in [2.05, 4.69) is 40.5 Å². The molecule has 0 spiro atoms. The second kappa shape index (κ2) is 7.56. The Kier molecular flexibility index (Phi) is 5.24. The van der Waals surface area contributed by atoms with E-state index in [0.717, 1.165) is 43.2 Å². The lowest BCUT2D eigenvalue weighted by Gasteiger charge is -2.33. The van der Waals surface area contributed by atoms with Gasteiger partial charge in [0.2, 0.25) is 0 Å². The largest absolute Gasteiger partial charge is 0.359 e. The van der Waals surface area contributed by atoms with Crippen LogP contribution in [0.4, 0.5) is 0 Å². The summed E-state index contributed by atoms with van der Waals surface area (Å²) >= 11 is 0. The van der Waals surface area contributed by atoms with E-state index in [4.69, 9.17) is 4.52 Å².